The highest BCUT2D eigenvalue weighted by atomic mass is 35.5. The van der Waals surface area contributed by atoms with E-state index in [4.69, 9.17) is 11.6 Å². The van der Waals surface area contributed by atoms with Crippen molar-refractivity contribution in [3.05, 3.63) is 52.9 Å². The van der Waals surface area contributed by atoms with Gasteiger partial charge in [0.1, 0.15) is 11.6 Å². The molecule has 0 saturated carbocycles. The molecule has 0 unspecified atom stereocenters. The summed E-state index contributed by atoms with van der Waals surface area (Å²) >= 11 is 5.91. The lowest BCUT2D eigenvalue weighted by Crippen LogP contribution is -2.43. The molecule has 1 aliphatic rings. The molecule has 4 nitrogen and oxygen atoms in total. The second-order valence-corrected chi connectivity index (χ2v) is 5.92. The SMILES string of the molecule is Cc1nccc(N2CCC(O)(c3ccc(Cl)cc3)CC2)n1. The number of nitrogens with zero attached hydrogens (tertiary/aromatic N) is 3. The predicted molar refractivity (Wildman–Crippen MR) is 83.6 cm³/mol. The van der Waals surface area contributed by atoms with Crippen molar-refractivity contribution in [3.63, 3.8) is 0 Å². The zero-order valence-corrected chi connectivity index (χ0v) is 12.7. The van der Waals surface area contributed by atoms with Crippen LogP contribution in [-0.4, -0.2) is 28.2 Å². The summed E-state index contributed by atoms with van der Waals surface area (Å²) in [4.78, 5) is 10.8. The van der Waals surface area contributed by atoms with Gasteiger partial charge in [-0.05, 0) is 43.5 Å². The number of hydrogen-bond acceptors (Lipinski definition) is 4. The smallest absolute Gasteiger partial charge is 0.132 e. The Labute approximate surface area is 129 Å². The van der Waals surface area contributed by atoms with Crippen LogP contribution in [-0.2, 0) is 5.60 Å². The van der Waals surface area contributed by atoms with Crippen molar-refractivity contribution < 1.29 is 5.11 Å². The molecule has 0 aliphatic carbocycles. The summed E-state index contributed by atoms with van der Waals surface area (Å²) in [6.07, 6.45) is 3.13. The fourth-order valence-electron chi connectivity index (χ4n) is 2.77. The van der Waals surface area contributed by atoms with Crippen LogP contribution in [0.2, 0.25) is 5.02 Å². The Bertz CT molecular complexity index is 622. The second-order valence-electron chi connectivity index (χ2n) is 5.49. The van der Waals surface area contributed by atoms with E-state index in [1.807, 2.05) is 37.3 Å². The molecule has 2 heterocycles. The van der Waals surface area contributed by atoms with Gasteiger partial charge in [-0.2, -0.15) is 0 Å². The molecule has 5 heteroatoms. The normalized spacial score (nSPS) is 17.8. The van der Waals surface area contributed by atoms with Crippen LogP contribution in [0, 0.1) is 6.92 Å². The average molecular weight is 304 g/mol. The van der Waals surface area contributed by atoms with E-state index >= 15 is 0 Å². The average Bonchev–Trinajstić information content (AvgIpc) is 2.48. The Hall–Kier alpha value is -1.65. The monoisotopic (exact) mass is 303 g/mol. The van der Waals surface area contributed by atoms with Gasteiger partial charge in [-0.3, -0.25) is 0 Å². The van der Waals surface area contributed by atoms with Gasteiger partial charge in [0, 0.05) is 24.3 Å². The summed E-state index contributed by atoms with van der Waals surface area (Å²) in [7, 11) is 0. The number of halogens is 1. The van der Waals surface area contributed by atoms with Gasteiger partial charge in [-0.25, -0.2) is 9.97 Å². The van der Waals surface area contributed by atoms with Gasteiger partial charge in [-0.15, -0.1) is 0 Å². The predicted octanol–water partition coefficient (Wildman–Crippen LogP) is 2.93. The molecule has 1 aromatic heterocycles. The molecule has 1 fully saturated rings. The standard InChI is InChI=1S/C16H18ClN3O/c1-12-18-9-6-15(19-12)20-10-7-16(21,8-11-20)13-2-4-14(17)5-3-13/h2-6,9,21H,7-8,10-11H2,1H3. The summed E-state index contributed by atoms with van der Waals surface area (Å²) in [6.45, 7) is 3.43. The van der Waals surface area contributed by atoms with Gasteiger partial charge >= 0.3 is 0 Å². The first-order valence-corrected chi connectivity index (χ1v) is 7.48. The Morgan fingerprint density at radius 3 is 2.43 bits per heavy atom. The molecule has 110 valence electrons. The maximum atomic E-state index is 10.9. The van der Waals surface area contributed by atoms with Gasteiger partial charge in [0.25, 0.3) is 0 Å². The first-order valence-electron chi connectivity index (χ1n) is 7.10. The van der Waals surface area contributed by atoms with Crippen molar-refractivity contribution in [1.29, 1.82) is 0 Å². The molecule has 0 radical (unpaired) electrons. The number of piperidine rings is 1. The molecular formula is C16H18ClN3O. The molecule has 0 amide bonds. The van der Waals surface area contributed by atoms with E-state index in [2.05, 4.69) is 14.9 Å². The molecule has 1 N–H and O–H groups in total. The molecule has 1 saturated heterocycles. The summed E-state index contributed by atoms with van der Waals surface area (Å²) in [5.41, 5.74) is 0.161. The lowest BCUT2D eigenvalue weighted by atomic mass is 9.84. The van der Waals surface area contributed by atoms with Crippen molar-refractivity contribution in [1.82, 2.24) is 9.97 Å². The van der Waals surface area contributed by atoms with Crippen molar-refractivity contribution >= 4 is 17.4 Å². The molecule has 1 aromatic carbocycles. The first kappa shape index (κ1) is 14.3. The molecule has 1 aliphatic heterocycles. The Kier molecular flexibility index (Phi) is 3.83. The van der Waals surface area contributed by atoms with E-state index < -0.39 is 5.60 Å². The fraction of sp³-hybridized carbons (Fsp3) is 0.375. The largest absolute Gasteiger partial charge is 0.385 e. The van der Waals surface area contributed by atoms with Crippen LogP contribution in [0.5, 0.6) is 0 Å². The van der Waals surface area contributed by atoms with Crippen LogP contribution in [0.3, 0.4) is 0 Å². The van der Waals surface area contributed by atoms with E-state index in [0.717, 1.165) is 30.3 Å². The second kappa shape index (κ2) is 5.62. The molecule has 0 bridgehead atoms. The van der Waals surface area contributed by atoms with Crippen molar-refractivity contribution in [2.24, 2.45) is 0 Å². The zero-order chi connectivity index (χ0) is 14.9. The van der Waals surface area contributed by atoms with Crippen LogP contribution >= 0.6 is 11.6 Å². The quantitative estimate of drug-likeness (QED) is 0.927. The van der Waals surface area contributed by atoms with E-state index in [1.54, 1.807) is 6.20 Å². The van der Waals surface area contributed by atoms with Crippen LogP contribution in [0.1, 0.15) is 24.2 Å². The number of benzene rings is 1. The maximum Gasteiger partial charge on any atom is 0.132 e. The summed E-state index contributed by atoms with van der Waals surface area (Å²) in [6, 6.07) is 9.39. The van der Waals surface area contributed by atoms with Crippen molar-refractivity contribution in [2.45, 2.75) is 25.4 Å². The number of aliphatic hydroxyl groups is 1. The molecule has 2 aromatic rings. The zero-order valence-electron chi connectivity index (χ0n) is 12.0. The minimum absolute atomic E-state index is 0.678. The van der Waals surface area contributed by atoms with Gasteiger partial charge in [0.15, 0.2) is 0 Å². The van der Waals surface area contributed by atoms with Crippen LogP contribution in [0.15, 0.2) is 36.5 Å². The van der Waals surface area contributed by atoms with Gasteiger partial charge < -0.3 is 10.0 Å². The third-order valence-electron chi connectivity index (χ3n) is 4.06. The molecule has 3 rings (SSSR count). The molecular weight excluding hydrogens is 286 g/mol. The minimum atomic E-state index is -0.775. The van der Waals surface area contributed by atoms with Gasteiger partial charge in [-0.1, -0.05) is 23.7 Å². The van der Waals surface area contributed by atoms with Crippen molar-refractivity contribution in [3.8, 4) is 0 Å². The molecule has 0 atom stereocenters. The summed E-state index contributed by atoms with van der Waals surface area (Å²) in [5.74, 6) is 1.70. The Morgan fingerprint density at radius 2 is 1.81 bits per heavy atom. The number of hydrogen-bond donors (Lipinski definition) is 1. The lowest BCUT2D eigenvalue weighted by molar-refractivity contribution is 0.0116. The summed E-state index contributed by atoms with van der Waals surface area (Å²) in [5, 5.41) is 11.5. The van der Waals surface area contributed by atoms with E-state index in [0.29, 0.717) is 17.9 Å². The van der Waals surface area contributed by atoms with Crippen molar-refractivity contribution in [2.75, 3.05) is 18.0 Å². The number of aromatic nitrogens is 2. The fourth-order valence-corrected chi connectivity index (χ4v) is 2.90. The lowest BCUT2D eigenvalue weighted by Gasteiger charge is -2.39. The summed E-state index contributed by atoms with van der Waals surface area (Å²) < 4.78 is 0. The highest BCUT2D eigenvalue weighted by molar-refractivity contribution is 6.30. The first-order chi connectivity index (χ1) is 10.1. The number of aryl methyl sites for hydroxylation is 1. The van der Waals surface area contributed by atoms with E-state index in [9.17, 15) is 5.11 Å². The van der Waals surface area contributed by atoms with E-state index in [-0.39, 0.29) is 0 Å². The van der Waals surface area contributed by atoms with Crippen LogP contribution in [0.4, 0.5) is 5.82 Å². The third-order valence-corrected chi connectivity index (χ3v) is 4.31. The maximum absolute atomic E-state index is 10.9. The number of rotatable bonds is 2. The third kappa shape index (κ3) is 3.01. The van der Waals surface area contributed by atoms with Crippen LogP contribution in [0.25, 0.3) is 0 Å². The van der Waals surface area contributed by atoms with Crippen LogP contribution < -0.4 is 4.90 Å². The van der Waals surface area contributed by atoms with E-state index in [1.165, 1.54) is 0 Å². The van der Waals surface area contributed by atoms with Gasteiger partial charge in [0.05, 0.1) is 5.60 Å². The minimum Gasteiger partial charge on any atom is -0.385 e. The molecule has 0 spiro atoms. The Balaban J connectivity index is 1.73. The topological polar surface area (TPSA) is 49.2 Å². The van der Waals surface area contributed by atoms with Gasteiger partial charge in [0.2, 0.25) is 0 Å². The molecule has 21 heavy (non-hydrogen) atoms. The highest BCUT2D eigenvalue weighted by Crippen LogP contribution is 2.34. The highest BCUT2D eigenvalue weighted by Gasteiger charge is 2.34. The Morgan fingerprint density at radius 1 is 1.14 bits per heavy atom. The number of anilines is 1.